The minimum Gasteiger partial charge on any atom is -0.375 e. The topological polar surface area (TPSA) is 75.6 Å². The molecule has 136 valence electrons. The SMILES string of the molecule is COC(c1ccc(Br)cc1)C1(NCCCS(=O)(=O)O)CCCCC1. The number of rotatable bonds is 8. The molecule has 1 aromatic carbocycles. The number of ether oxygens (including phenoxy) is 1. The monoisotopic (exact) mass is 419 g/mol. The molecule has 1 aliphatic carbocycles. The Morgan fingerprint density at radius 1 is 1.25 bits per heavy atom. The number of nitrogens with one attached hydrogen (secondary N) is 1. The molecule has 0 heterocycles. The molecule has 1 fully saturated rings. The molecule has 0 radical (unpaired) electrons. The van der Waals surface area contributed by atoms with E-state index in [4.69, 9.17) is 9.29 Å². The van der Waals surface area contributed by atoms with Gasteiger partial charge in [0.2, 0.25) is 0 Å². The van der Waals surface area contributed by atoms with Crippen LogP contribution in [0.1, 0.15) is 50.2 Å². The Morgan fingerprint density at radius 3 is 2.42 bits per heavy atom. The Morgan fingerprint density at radius 2 is 1.88 bits per heavy atom. The van der Waals surface area contributed by atoms with Crippen LogP contribution < -0.4 is 5.32 Å². The quantitative estimate of drug-likeness (QED) is 0.496. The summed E-state index contributed by atoms with van der Waals surface area (Å²) in [6.45, 7) is 0.538. The predicted octanol–water partition coefficient (Wildman–Crippen LogP) is 3.71. The first-order chi connectivity index (χ1) is 11.4. The minimum atomic E-state index is -3.91. The molecule has 0 bridgehead atoms. The van der Waals surface area contributed by atoms with E-state index in [1.165, 1.54) is 6.42 Å². The van der Waals surface area contributed by atoms with Crippen LogP contribution in [0.5, 0.6) is 0 Å². The Balaban J connectivity index is 2.13. The molecule has 24 heavy (non-hydrogen) atoms. The Labute approximate surface area is 153 Å². The van der Waals surface area contributed by atoms with Crippen LogP contribution in [0.15, 0.2) is 28.7 Å². The van der Waals surface area contributed by atoms with Gasteiger partial charge in [0.25, 0.3) is 10.1 Å². The highest BCUT2D eigenvalue weighted by atomic mass is 79.9. The van der Waals surface area contributed by atoms with Crippen LogP contribution >= 0.6 is 15.9 Å². The summed E-state index contributed by atoms with van der Waals surface area (Å²) in [4.78, 5) is 0. The van der Waals surface area contributed by atoms with Gasteiger partial charge >= 0.3 is 0 Å². The van der Waals surface area contributed by atoms with Crippen LogP contribution in [0, 0.1) is 0 Å². The molecular weight excluding hydrogens is 394 g/mol. The maximum atomic E-state index is 10.9. The molecule has 2 N–H and O–H groups in total. The third kappa shape index (κ3) is 5.52. The van der Waals surface area contributed by atoms with E-state index in [9.17, 15) is 8.42 Å². The predicted molar refractivity (Wildman–Crippen MR) is 98.7 cm³/mol. The highest BCUT2D eigenvalue weighted by Crippen LogP contribution is 2.40. The molecule has 0 spiro atoms. The number of halogens is 1. The number of benzene rings is 1. The summed E-state index contributed by atoms with van der Waals surface area (Å²) in [5.74, 6) is -0.216. The zero-order valence-corrected chi connectivity index (χ0v) is 16.4. The molecule has 7 heteroatoms. The lowest BCUT2D eigenvalue weighted by atomic mass is 9.75. The van der Waals surface area contributed by atoms with Gasteiger partial charge in [-0.3, -0.25) is 4.55 Å². The van der Waals surface area contributed by atoms with E-state index in [0.29, 0.717) is 13.0 Å². The second kappa shape index (κ2) is 8.76. The molecule has 0 aliphatic heterocycles. The number of hydrogen-bond acceptors (Lipinski definition) is 4. The maximum absolute atomic E-state index is 10.9. The lowest BCUT2D eigenvalue weighted by molar-refractivity contribution is -0.00459. The van der Waals surface area contributed by atoms with Crippen molar-refractivity contribution in [1.29, 1.82) is 0 Å². The van der Waals surface area contributed by atoms with E-state index in [1.807, 2.05) is 12.1 Å². The summed E-state index contributed by atoms with van der Waals surface area (Å²) < 4.78 is 37.6. The average molecular weight is 420 g/mol. The third-order valence-electron chi connectivity index (χ3n) is 4.71. The lowest BCUT2D eigenvalue weighted by Gasteiger charge is -2.44. The van der Waals surface area contributed by atoms with Crippen molar-refractivity contribution in [2.75, 3.05) is 19.4 Å². The van der Waals surface area contributed by atoms with E-state index >= 15 is 0 Å². The van der Waals surface area contributed by atoms with Gasteiger partial charge in [-0.15, -0.1) is 0 Å². The summed E-state index contributed by atoms with van der Waals surface area (Å²) in [5, 5.41) is 3.56. The molecule has 1 aliphatic rings. The first-order valence-electron chi connectivity index (χ1n) is 8.35. The van der Waals surface area contributed by atoms with Gasteiger partial charge in [0.15, 0.2) is 0 Å². The number of hydrogen-bond donors (Lipinski definition) is 2. The van der Waals surface area contributed by atoms with Crippen molar-refractivity contribution in [3.8, 4) is 0 Å². The van der Waals surface area contributed by atoms with Crippen molar-refractivity contribution >= 4 is 26.0 Å². The third-order valence-corrected chi connectivity index (χ3v) is 6.05. The molecule has 0 amide bonds. The summed E-state index contributed by atoms with van der Waals surface area (Å²) >= 11 is 3.46. The van der Waals surface area contributed by atoms with Gasteiger partial charge in [0, 0.05) is 17.1 Å². The van der Waals surface area contributed by atoms with Crippen molar-refractivity contribution < 1.29 is 17.7 Å². The standard InChI is InChI=1S/C17H26BrNO4S/c1-23-16(14-6-8-15(18)9-7-14)17(10-3-2-4-11-17)19-12-5-13-24(20,21)22/h6-9,16,19H,2-5,10-13H2,1H3,(H,20,21,22). The molecule has 1 atom stereocenters. The van der Waals surface area contributed by atoms with Gasteiger partial charge in [0.1, 0.15) is 6.10 Å². The molecule has 1 aromatic rings. The first kappa shape index (κ1) is 19.8. The van der Waals surface area contributed by atoms with Gasteiger partial charge in [-0.2, -0.15) is 8.42 Å². The highest BCUT2D eigenvalue weighted by Gasteiger charge is 2.40. The van der Waals surface area contributed by atoms with Gasteiger partial charge in [-0.25, -0.2) is 0 Å². The fraction of sp³-hybridized carbons (Fsp3) is 0.647. The van der Waals surface area contributed by atoms with E-state index in [1.54, 1.807) is 7.11 Å². The van der Waals surface area contributed by atoms with Gasteiger partial charge < -0.3 is 10.1 Å². The minimum absolute atomic E-state index is 0.0865. The number of methoxy groups -OCH3 is 1. The van der Waals surface area contributed by atoms with Crippen LogP contribution in [0.4, 0.5) is 0 Å². The van der Waals surface area contributed by atoms with Crippen molar-refractivity contribution in [3.05, 3.63) is 34.3 Å². The molecule has 0 aromatic heterocycles. The van der Waals surface area contributed by atoms with Crippen LogP contribution in [0.25, 0.3) is 0 Å². The Bertz CT molecular complexity index is 612. The van der Waals surface area contributed by atoms with Crippen LogP contribution in [0.2, 0.25) is 0 Å². The van der Waals surface area contributed by atoms with Gasteiger partial charge in [0.05, 0.1) is 5.75 Å². The maximum Gasteiger partial charge on any atom is 0.264 e. The van der Waals surface area contributed by atoms with Crippen molar-refractivity contribution in [3.63, 3.8) is 0 Å². The summed E-state index contributed by atoms with van der Waals surface area (Å²) in [6.07, 6.45) is 5.75. The highest BCUT2D eigenvalue weighted by molar-refractivity contribution is 9.10. The smallest absolute Gasteiger partial charge is 0.264 e. The van der Waals surface area contributed by atoms with Crippen molar-refractivity contribution in [1.82, 2.24) is 5.32 Å². The van der Waals surface area contributed by atoms with Crippen LogP contribution in [-0.4, -0.2) is 37.9 Å². The van der Waals surface area contributed by atoms with Crippen LogP contribution in [0.3, 0.4) is 0 Å². The lowest BCUT2D eigenvalue weighted by Crippen LogP contribution is -2.52. The summed E-state index contributed by atoms with van der Waals surface area (Å²) in [6, 6.07) is 8.15. The largest absolute Gasteiger partial charge is 0.375 e. The average Bonchev–Trinajstić information content (AvgIpc) is 2.54. The zero-order valence-electron chi connectivity index (χ0n) is 14.0. The molecule has 1 saturated carbocycles. The molecule has 0 saturated heterocycles. The molecule has 2 rings (SSSR count). The zero-order chi connectivity index (χ0) is 17.6. The van der Waals surface area contributed by atoms with Gasteiger partial charge in [-0.05, 0) is 43.5 Å². The summed E-state index contributed by atoms with van der Waals surface area (Å²) in [7, 11) is -2.18. The van der Waals surface area contributed by atoms with Gasteiger partial charge in [-0.1, -0.05) is 47.3 Å². The van der Waals surface area contributed by atoms with E-state index in [-0.39, 0.29) is 17.4 Å². The Hall–Kier alpha value is -0.470. The van der Waals surface area contributed by atoms with Crippen LogP contribution in [-0.2, 0) is 14.9 Å². The molecular formula is C17H26BrNO4S. The second-order valence-corrected chi connectivity index (χ2v) is 8.94. The van der Waals surface area contributed by atoms with Crippen molar-refractivity contribution in [2.24, 2.45) is 0 Å². The Kier molecular flexibility index (Phi) is 7.24. The fourth-order valence-corrected chi connectivity index (χ4v) is 4.40. The first-order valence-corrected chi connectivity index (χ1v) is 10.7. The van der Waals surface area contributed by atoms with E-state index < -0.39 is 10.1 Å². The van der Waals surface area contributed by atoms with E-state index in [2.05, 4.69) is 33.4 Å². The van der Waals surface area contributed by atoms with E-state index in [0.717, 1.165) is 35.7 Å². The summed E-state index contributed by atoms with van der Waals surface area (Å²) in [5.41, 5.74) is 0.921. The fourth-order valence-electron chi connectivity index (χ4n) is 3.62. The molecule has 1 unspecified atom stereocenters. The second-order valence-electron chi connectivity index (χ2n) is 6.45. The molecule has 5 nitrogen and oxygen atoms in total. The normalized spacial score (nSPS) is 19.1. The van der Waals surface area contributed by atoms with Crippen molar-refractivity contribution in [2.45, 2.75) is 50.2 Å².